The average Bonchev–Trinajstić information content (AvgIpc) is 2.81. The van der Waals surface area contributed by atoms with Crippen LogP contribution in [0.3, 0.4) is 0 Å². The molecule has 0 radical (unpaired) electrons. The lowest BCUT2D eigenvalue weighted by Gasteiger charge is -2.08. The van der Waals surface area contributed by atoms with E-state index in [1.807, 2.05) is 6.07 Å². The van der Waals surface area contributed by atoms with Gasteiger partial charge in [-0.25, -0.2) is 0 Å². The van der Waals surface area contributed by atoms with Gasteiger partial charge in [-0.1, -0.05) is 84.0 Å². The molecular formula is C29H40O4. The van der Waals surface area contributed by atoms with Gasteiger partial charge in [0.05, 0.1) is 12.5 Å². The average molecular weight is 453 g/mol. The zero-order valence-corrected chi connectivity index (χ0v) is 20.5. The minimum Gasteiger partial charge on any atom is -0.507 e. The number of ether oxygens (including phenoxy) is 1. The van der Waals surface area contributed by atoms with Gasteiger partial charge in [0.2, 0.25) is 5.43 Å². The van der Waals surface area contributed by atoms with Crippen molar-refractivity contribution >= 4 is 21.9 Å². The summed E-state index contributed by atoms with van der Waals surface area (Å²) in [6.07, 6.45) is 18.1. The summed E-state index contributed by atoms with van der Waals surface area (Å²) in [7, 11) is 1.56. The van der Waals surface area contributed by atoms with Gasteiger partial charge in [0, 0.05) is 0 Å². The van der Waals surface area contributed by atoms with Crippen molar-refractivity contribution in [1.29, 1.82) is 0 Å². The number of aromatic hydroxyl groups is 1. The van der Waals surface area contributed by atoms with Gasteiger partial charge in [-0.3, -0.25) is 4.79 Å². The Morgan fingerprint density at radius 3 is 2.00 bits per heavy atom. The summed E-state index contributed by atoms with van der Waals surface area (Å²) in [4.78, 5) is 12.9. The number of aryl methyl sites for hydroxylation is 1. The Bertz CT molecular complexity index is 1070. The first-order chi connectivity index (χ1) is 16.1. The third kappa shape index (κ3) is 7.25. The molecule has 1 N–H and O–H groups in total. The molecule has 0 spiro atoms. The molecule has 0 bridgehead atoms. The number of methoxy groups -OCH3 is 1. The van der Waals surface area contributed by atoms with Crippen molar-refractivity contribution in [3.8, 4) is 11.5 Å². The van der Waals surface area contributed by atoms with Gasteiger partial charge >= 0.3 is 0 Å². The van der Waals surface area contributed by atoms with E-state index in [-0.39, 0.29) is 16.6 Å². The Morgan fingerprint density at radius 1 is 0.788 bits per heavy atom. The maximum Gasteiger partial charge on any atom is 0.204 e. The summed E-state index contributed by atoms with van der Waals surface area (Å²) in [6, 6.07) is 8.79. The highest BCUT2D eigenvalue weighted by atomic mass is 16.5. The summed E-state index contributed by atoms with van der Waals surface area (Å²) in [5.41, 5.74) is 1.74. The fourth-order valence-electron chi connectivity index (χ4n) is 4.61. The van der Waals surface area contributed by atoms with Gasteiger partial charge < -0.3 is 14.3 Å². The maximum atomic E-state index is 12.9. The minimum atomic E-state index is -0.227. The molecule has 4 nitrogen and oxygen atoms in total. The first-order valence-corrected chi connectivity index (χ1v) is 12.9. The number of hydrogen-bond acceptors (Lipinski definition) is 4. The van der Waals surface area contributed by atoms with E-state index in [1.54, 1.807) is 31.4 Å². The number of fused-ring (bicyclic) bond motifs is 2. The minimum absolute atomic E-state index is 0.00401. The van der Waals surface area contributed by atoms with Crippen LogP contribution in [0.4, 0.5) is 0 Å². The fourth-order valence-corrected chi connectivity index (χ4v) is 4.61. The van der Waals surface area contributed by atoms with E-state index >= 15 is 0 Å². The highest BCUT2D eigenvalue weighted by molar-refractivity contribution is 5.93. The zero-order valence-electron chi connectivity index (χ0n) is 20.5. The van der Waals surface area contributed by atoms with Gasteiger partial charge in [0.15, 0.2) is 0 Å². The Kier molecular flexibility index (Phi) is 10.1. The highest BCUT2D eigenvalue weighted by Crippen LogP contribution is 2.29. The molecule has 0 atom stereocenters. The van der Waals surface area contributed by atoms with Crippen LogP contribution in [-0.4, -0.2) is 12.2 Å². The zero-order chi connectivity index (χ0) is 23.5. The van der Waals surface area contributed by atoms with Gasteiger partial charge in [-0.2, -0.15) is 0 Å². The highest BCUT2D eigenvalue weighted by Gasteiger charge is 2.13. The van der Waals surface area contributed by atoms with Crippen molar-refractivity contribution in [3.05, 3.63) is 46.1 Å². The second-order valence-electron chi connectivity index (χ2n) is 9.27. The van der Waals surface area contributed by atoms with Gasteiger partial charge in [0.25, 0.3) is 0 Å². The number of phenolic OH excluding ortho intramolecular Hbond substituents is 1. The van der Waals surface area contributed by atoms with E-state index in [0.717, 1.165) is 18.4 Å². The summed E-state index contributed by atoms with van der Waals surface area (Å²) < 4.78 is 11.2. The number of rotatable bonds is 15. The van der Waals surface area contributed by atoms with E-state index in [1.165, 1.54) is 77.0 Å². The van der Waals surface area contributed by atoms with Crippen LogP contribution in [0.1, 0.15) is 96.0 Å². The Labute approximate surface area is 198 Å². The van der Waals surface area contributed by atoms with Gasteiger partial charge in [-0.05, 0) is 48.7 Å². The summed E-state index contributed by atoms with van der Waals surface area (Å²) in [6.45, 7) is 2.27. The fraction of sp³-hybridized carbons (Fsp3) is 0.552. The van der Waals surface area contributed by atoms with E-state index in [0.29, 0.717) is 22.3 Å². The van der Waals surface area contributed by atoms with Crippen LogP contribution in [0.25, 0.3) is 21.9 Å². The lowest BCUT2D eigenvalue weighted by atomic mass is 10.0. The normalized spacial score (nSPS) is 11.5. The molecule has 0 saturated heterocycles. The predicted octanol–water partition coefficient (Wildman–Crippen LogP) is 8.29. The molecule has 0 aliphatic heterocycles. The third-order valence-electron chi connectivity index (χ3n) is 6.59. The van der Waals surface area contributed by atoms with Crippen LogP contribution in [0.5, 0.6) is 11.5 Å². The van der Waals surface area contributed by atoms with Crippen LogP contribution in [-0.2, 0) is 6.42 Å². The van der Waals surface area contributed by atoms with E-state index < -0.39 is 0 Å². The van der Waals surface area contributed by atoms with Crippen LogP contribution in [0.2, 0.25) is 0 Å². The number of hydrogen-bond donors (Lipinski definition) is 1. The van der Waals surface area contributed by atoms with Crippen molar-refractivity contribution in [2.24, 2.45) is 0 Å². The monoisotopic (exact) mass is 452 g/mol. The third-order valence-corrected chi connectivity index (χ3v) is 6.59. The van der Waals surface area contributed by atoms with E-state index in [2.05, 4.69) is 6.92 Å². The molecule has 0 aliphatic rings. The molecule has 3 rings (SSSR count). The molecule has 33 heavy (non-hydrogen) atoms. The van der Waals surface area contributed by atoms with Crippen molar-refractivity contribution in [1.82, 2.24) is 0 Å². The topological polar surface area (TPSA) is 59.7 Å². The molecule has 0 aliphatic carbocycles. The number of benzene rings is 2. The second kappa shape index (κ2) is 13.3. The van der Waals surface area contributed by atoms with Crippen molar-refractivity contribution < 1.29 is 14.3 Å². The Hall–Kier alpha value is -2.49. The standard InChI is InChI=1S/C29H40O4/c1-3-4-5-6-7-8-9-10-11-12-13-14-15-16-22-19-25(30)28-27(20-22)33-26-18-17-23(32-2)21-24(26)29(28)31/h17-21,30H,3-16H2,1-2H3. The number of phenols is 1. The summed E-state index contributed by atoms with van der Waals surface area (Å²) in [5.74, 6) is 0.586. The van der Waals surface area contributed by atoms with Gasteiger partial charge in [-0.15, -0.1) is 0 Å². The Balaban J connectivity index is 1.43. The maximum absolute atomic E-state index is 12.9. The van der Waals surface area contributed by atoms with Crippen molar-refractivity contribution in [3.63, 3.8) is 0 Å². The quantitative estimate of drug-likeness (QED) is 0.186. The van der Waals surface area contributed by atoms with E-state index in [9.17, 15) is 9.90 Å². The molecule has 0 amide bonds. The first-order valence-electron chi connectivity index (χ1n) is 12.9. The van der Waals surface area contributed by atoms with Crippen LogP contribution in [0.15, 0.2) is 39.5 Å². The van der Waals surface area contributed by atoms with Gasteiger partial charge in [0.1, 0.15) is 28.1 Å². The second-order valence-corrected chi connectivity index (χ2v) is 9.27. The molecular weight excluding hydrogens is 412 g/mol. The molecule has 2 aromatic carbocycles. The molecule has 0 saturated carbocycles. The molecule has 180 valence electrons. The lowest BCUT2D eigenvalue weighted by Crippen LogP contribution is -2.03. The first kappa shape index (κ1) is 25.1. The lowest BCUT2D eigenvalue weighted by molar-refractivity contribution is 0.415. The van der Waals surface area contributed by atoms with Crippen LogP contribution >= 0.6 is 0 Å². The largest absolute Gasteiger partial charge is 0.507 e. The summed E-state index contributed by atoms with van der Waals surface area (Å²) >= 11 is 0. The molecule has 0 fully saturated rings. The molecule has 4 heteroatoms. The van der Waals surface area contributed by atoms with Crippen LogP contribution in [0, 0.1) is 0 Å². The summed E-state index contributed by atoms with van der Waals surface area (Å²) in [5, 5.41) is 11.2. The smallest absolute Gasteiger partial charge is 0.204 e. The Morgan fingerprint density at radius 2 is 1.39 bits per heavy atom. The number of unbranched alkanes of at least 4 members (excludes halogenated alkanes) is 12. The SMILES string of the molecule is CCCCCCCCCCCCCCCc1cc(O)c2c(=O)c3cc(OC)ccc3oc2c1. The van der Waals surface area contributed by atoms with Crippen LogP contribution < -0.4 is 10.2 Å². The molecule has 3 aromatic rings. The van der Waals surface area contributed by atoms with Crippen molar-refractivity contribution in [2.75, 3.05) is 7.11 Å². The molecule has 1 heterocycles. The van der Waals surface area contributed by atoms with E-state index in [4.69, 9.17) is 9.15 Å². The molecule has 1 aromatic heterocycles. The van der Waals surface area contributed by atoms with Crippen molar-refractivity contribution in [2.45, 2.75) is 96.8 Å². The predicted molar refractivity (Wildman–Crippen MR) is 138 cm³/mol. The molecule has 0 unspecified atom stereocenters.